The maximum absolute atomic E-state index is 11.3. The number of carbonyl (C=O) groups is 1. The van der Waals surface area contributed by atoms with E-state index in [0.29, 0.717) is 12.0 Å². The summed E-state index contributed by atoms with van der Waals surface area (Å²) in [4.78, 5) is 25.9. The third-order valence-electron chi connectivity index (χ3n) is 2.98. The summed E-state index contributed by atoms with van der Waals surface area (Å²) in [5, 5.41) is 11.1. The van der Waals surface area contributed by atoms with Gasteiger partial charge in [-0.15, -0.1) is 0 Å². The second kappa shape index (κ2) is 6.13. The van der Waals surface area contributed by atoms with Gasteiger partial charge in [0.15, 0.2) is 5.78 Å². The van der Waals surface area contributed by atoms with E-state index in [1.54, 1.807) is 18.2 Å². The van der Waals surface area contributed by atoms with Gasteiger partial charge in [0.1, 0.15) is 0 Å². The van der Waals surface area contributed by atoms with Gasteiger partial charge in [0.2, 0.25) is 11.6 Å². The number of rotatable bonds is 5. The Hall–Kier alpha value is -2.76. The van der Waals surface area contributed by atoms with Crippen molar-refractivity contribution in [1.82, 2.24) is 4.98 Å². The number of aromatic nitrogens is 1. The van der Waals surface area contributed by atoms with Crippen LogP contribution >= 0.6 is 0 Å². The molecule has 0 aliphatic carbocycles. The van der Waals surface area contributed by atoms with Crippen molar-refractivity contribution in [1.29, 1.82) is 0 Å². The SMILES string of the molecule is CCc1ccc(Oc2cc(C(C)=O)ccn2)c([N+](=O)[O-])c1. The van der Waals surface area contributed by atoms with Crippen LogP contribution < -0.4 is 4.74 Å². The fourth-order valence-electron chi connectivity index (χ4n) is 1.81. The summed E-state index contributed by atoms with van der Waals surface area (Å²) in [6.07, 6.45) is 2.12. The van der Waals surface area contributed by atoms with Crippen molar-refractivity contribution in [3.8, 4) is 11.6 Å². The lowest BCUT2D eigenvalue weighted by Crippen LogP contribution is -1.98. The number of hydrogen-bond acceptors (Lipinski definition) is 5. The number of benzene rings is 1. The molecule has 1 aromatic heterocycles. The fourth-order valence-corrected chi connectivity index (χ4v) is 1.81. The van der Waals surface area contributed by atoms with Crippen LogP contribution in [0.2, 0.25) is 0 Å². The topological polar surface area (TPSA) is 82.3 Å². The van der Waals surface area contributed by atoms with Gasteiger partial charge >= 0.3 is 5.69 Å². The summed E-state index contributed by atoms with van der Waals surface area (Å²) in [5.74, 6) is 0.124. The first-order valence-corrected chi connectivity index (χ1v) is 6.43. The number of nitro groups is 1. The van der Waals surface area contributed by atoms with Crippen LogP contribution in [-0.4, -0.2) is 15.7 Å². The van der Waals surface area contributed by atoms with E-state index < -0.39 is 4.92 Å². The zero-order valence-electron chi connectivity index (χ0n) is 11.7. The molecule has 108 valence electrons. The fraction of sp³-hybridized carbons (Fsp3) is 0.200. The third-order valence-corrected chi connectivity index (χ3v) is 2.98. The molecule has 0 amide bonds. The lowest BCUT2D eigenvalue weighted by atomic mass is 10.1. The van der Waals surface area contributed by atoms with Gasteiger partial charge in [-0.3, -0.25) is 14.9 Å². The van der Waals surface area contributed by atoms with Gasteiger partial charge in [0.25, 0.3) is 0 Å². The number of hydrogen-bond donors (Lipinski definition) is 0. The Morgan fingerprint density at radius 1 is 1.33 bits per heavy atom. The Morgan fingerprint density at radius 2 is 2.10 bits per heavy atom. The van der Waals surface area contributed by atoms with Crippen LogP contribution in [0.1, 0.15) is 29.8 Å². The second-order valence-corrected chi connectivity index (χ2v) is 4.45. The summed E-state index contributed by atoms with van der Waals surface area (Å²) in [5.41, 5.74) is 1.16. The summed E-state index contributed by atoms with van der Waals surface area (Å²) in [7, 11) is 0. The predicted octanol–water partition coefficient (Wildman–Crippen LogP) is 3.55. The monoisotopic (exact) mass is 286 g/mol. The van der Waals surface area contributed by atoms with Gasteiger partial charge in [-0.25, -0.2) is 4.98 Å². The molecule has 0 N–H and O–H groups in total. The zero-order valence-corrected chi connectivity index (χ0v) is 11.7. The molecule has 1 heterocycles. The number of Topliss-reactive ketones (excluding diaryl/α,β-unsaturated/α-hetero) is 1. The first kappa shape index (κ1) is 14.6. The summed E-state index contributed by atoms with van der Waals surface area (Å²) in [6, 6.07) is 7.80. The average Bonchev–Trinajstić information content (AvgIpc) is 2.47. The molecule has 2 rings (SSSR count). The largest absolute Gasteiger partial charge is 0.432 e. The number of nitro benzene ring substituents is 1. The molecule has 1 aromatic carbocycles. The highest BCUT2D eigenvalue weighted by molar-refractivity contribution is 5.94. The van der Waals surface area contributed by atoms with Crippen molar-refractivity contribution in [2.45, 2.75) is 20.3 Å². The Kier molecular flexibility index (Phi) is 4.27. The van der Waals surface area contributed by atoms with Crippen molar-refractivity contribution >= 4 is 11.5 Å². The van der Waals surface area contributed by atoms with Crippen LogP contribution in [0.15, 0.2) is 36.5 Å². The molecular weight excluding hydrogens is 272 g/mol. The van der Waals surface area contributed by atoms with Crippen LogP contribution in [0, 0.1) is 10.1 Å². The number of carbonyl (C=O) groups excluding carboxylic acids is 1. The number of ether oxygens (including phenoxy) is 1. The first-order chi connectivity index (χ1) is 10.0. The van der Waals surface area contributed by atoms with Crippen LogP contribution in [0.25, 0.3) is 0 Å². The van der Waals surface area contributed by atoms with Crippen LogP contribution in [0.5, 0.6) is 11.6 Å². The molecule has 0 radical (unpaired) electrons. The van der Waals surface area contributed by atoms with Gasteiger partial charge in [-0.2, -0.15) is 0 Å². The molecule has 0 aliphatic heterocycles. The maximum atomic E-state index is 11.3. The number of ketones is 1. The predicted molar refractivity (Wildman–Crippen MR) is 76.8 cm³/mol. The van der Waals surface area contributed by atoms with Gasteiger partial charge in [0, 0.05) is 23.9 Å². The van der Waals surface area contributed by atoms with E-state index in [4.69, 9.17) is 4.74 Å². The molecule has 0 saturated heterocycles. The number of pyridine rings is 1. The third kappa shape index (κ3) is 3.42. The van der Waals surface area contributed by atoms with Gasteiger partial charge in [-0.1, -0.05) is 13.0 Å². The minimum atomic E-state index is -0.497. The molecule has 0 spiro atoms. The van der Waals surface area contributed by atoms with Crippen molar-refractivity contribution < 1.29 is 14.5 Å². The maximum Gasteiger partial charge on any atom is 0.311 e. The Labute approximate surface area is 121 Å². The Morgan fingerprint density at radius 3 is 2.71 bits per heavy atom. The van der Waals surface area contributed by atoms with Gasteiger partial charge < -0.3 is 4.74 Å². The molecule has 0 saturated carbocycles. The molecule has 0 aliphatic rings. The summed E-state index contributed by atoms with van der Waals surface area (Å²) >= 11 is 0. The first-order valence-electron chi connectivity index (χ1n) is 6.43. The van der Waals surface area contributed by atoms with E-state index in [-0.39, 0.29) is 23.1 Å². The Bertz CT molecular complexity index is 698. The zero-order chi connectivity index (χ0) is 15.4. The molecular formula is C15H14N2O4. The van der Waals surface area contributed by atoms with Crippen LogP contribution in [0.4, 0.5) is 5.69 Å². The highest BCUT2D eigenvalue weighted by Crippen LogP contribution is 2.31. The lowest BCUT2D eigenvalue weighted by Gasteiger charge is -2.07. The van der Waals surface area contributed by atoms with Crippen molar-refractivity contribution in [2.24, 2.45) is 0 Å². The smallest absolute Gasteiger partial charge is 0.311 e. The highest BCUT2D eigenvalue weighted by atomic mass is 16.6. The van der Waals surface area contributed by atoms with Gasteiger partial charge in [0.05, 0.1) is 4.92 Å². The molecule has 6 nitrogen and oxygen atoms in total. The molecule has 0 atom stereocenters. The summed E-state index contributed by atoms with van der Waals surface area (Å²) < 4.78 is 5.46. The quantitative estimate of drug-likeness (QED) is 0.477. The van der Waals surface area contributed by atoms with Crippen molar-refractivity contribution in [3.05, 3.63) is 57.8 Å². The standard InChI is InChI=1S/C15H14N2O4/c1-3-11-4-5-14(13(8-11)17(19)20)21-15-9-12(10(2)18)6-7-16-15/h4-9H,3H2,1-2H3. The van der Waals surface area contributed by atoms with Crippen molar-refractivity contribution in [3.63, 3.8) is 0 Å². The lowest BCUT2D eigenvalue weighted by molar-refractivity contribution is -0.385. The second-order valence-electron chi connectivity index (χ2n) is 4.45. The van der Waals surface area contributed by atoms with E-state index in [9.17, 15) is 14.9 Å². The molecule has 0 bridgehead atoms. The minimum Gasteiger partial charge on any atom is -0.432 e. The number of aryl methyl sites for hydroxylation is 1. The van der Waals surface area contributed by atoms with E-state index in [2.05, 4.69) is 4.98 Å². The van der Waals surface area contributed by atoms with E-state index in [0.717, 1.165) is 5.56 Å². The normalized spacial score (nSPS) is 10.2. The molecule has 21 heavy (non-hydrogen) atoms. The average molecular weight is 286 g/mol. The van der Waals surface area contributed by atoms with Crippen LogP contribution in [0.3, 0.4) is 0 Å². The Balaban J connectivity index is 2.37. The van der Waals surface area contributed by atoms with Crippen LogP contribution in [-0.2, 0) is 6.42 Å². The molecule has 6 heteroatoms. The highest BCUT2D eigenvalue weighted by Gasteiger charge is 2.17. The minimum absolute atomic E-state index is 0.102. The molecule has 2 aromatic rings. The van der Waals surface area contributed by atoms with E-state index in [1.807, 2.05) is 6.92 Å². The van der Waals surface area contributed by atoms with E-state index in [1.165, 1.54) is 25.3 Å². The van der Waals surface area contributed by atoms with Gasteiger partial charge in [-0.05, 0) is 31.0 Å². The number of nitrogens with zero attached hydrogens (tertiary/aromatic N) is 2. The summed E-state index contributed by atoms with van der Waals surface area (Å²) in [6.45, 7) is 3.34. The molecule has 0 fully saturated rings. The van der Waals surface area contributed by atoms with E-state index >= 15 is 0 Å². The molecule has 0 unspecified atom stereocenters. The van der Waals surface area contributed by atoms with Crippen molar-refractivity contribution in [2.75, 3.05) is 0 Å².